The summed E-state index contributed by atoms with van der Waals surface area (Å²) in [7, 11) is 0. The Morgan fingerprint density at radius 1 is 1.29 bits per heavy atom. The van der Waals surface area contributed by atoms with E-state index in [1.807, 2.05) is 12.1 Å². The van der Waals surface area contributed by atoms with Crippen molar-refractivity contribution in [2.45, 2.75) is 31.2 Å². The molecular weight excluding hydrogens is 356 g/mol. The highest BCUT2D eigenvalue weighted by molar-refractivity contribution is 5.84. The minimum Gasteiger partial charge on any atom is -0.381 e. The Hall–Kier alpha value is -3.31. The fraction of sp³-hybridized carbons (Fsp3) is 0.350. The van der Waals surface area contributed by atoms with Gasteiger partial charge in [-0.25, -0.2) is 14.8 Å². The fourth-order valence-corrected chi connectivity index (χ4v) is 3.99. The Morgan fingerprint density at radius 3 is 3.11 bits per heavy atom. The lowest BCUT2D eigenvalue weighted by molar-refractivity contribution is 0.142. The fourth-order valence-electron chi connectivity index (χ4n) is 3.99. The Morgan fingerprint density at radius 2 is 2.21 bits per heavy atom. The molecule has 1 aromatic carbocycles. The zero-order valence-corrected chi connectivity index (χ0v) is 15.1. The average Bonchev–Trinajstić information content (AvgIpc) is 3.16. The SMILES string of the molecule is N#Cc1ccc2c(c1)C(c1ncc3[nH]c(=O)n(C4CCCOCC4)c3n1)C=N2. The maximum absolute atomic E-state index is 12.6. The average molecular weight is 374 g/mol. The number of nitriles is 1. The number of aliphatic imine (C=N–C) groups is 1. The largest absolute Gasteiger partial charge is 0.381 e. The van der Waals surface area contributed by atoms with E-state index in [0.717, 1.165) is 37.1 Å². The normalized spacial score (nSPS) is 21.4. The minimum absolute atomic E-state index is 0.0567. The molecule has 2 aliphatic heterocycles. The van der Waals surface area contributed by atoms with Crippen molar-refractivity contribution in [3.8, 4) is 6.07 Å². The number of hydrogen-bond donors (Lipinski definition) is 1. The van der Waals surface area contributed by atoms with E-state index < -0.39 is 0 Å². The van der Waals surface area contributed by atoms with E-state index >= 15 is 0 Å². The van der Waals surface area contributed by atoms with Crippen LogP contribution in [-0.4, -0.2) is 38.9 Å². The van der Waals surface area contributed by atoms with Gasteiger partial charge in [-0.1, -0.05) is 0 Å². The van der Waals surface area contributed by atoms with Gasteiger partial charge in [0.05, 0.1) is 29.4 Å². The predicted octanol–water partition coefficient (Wildman–Crippen LogP) is 2.58. The standard InChI is InChI=1S/C20H18N6O2/c21-9-12-3-4-16-14(8-12)15(10-22-16)18-23-11-17-19(25-18)26(20(27)24-17)13-2-1-6-28-7-5-13/h3-4,8,10-11,13,15H,1-2,5-7H2,(H,24,27). The Bertz CT molecular complexity index is 1180. The van der Waals surface area contributed by atoms with Gasteiger partial charge in [-0.05, 0) is 43.0 Å². The number of benzene rings is 1. The molecule has 1 saturated heterocycles. The van der Waals surface area contributed by atoms with Crippen molar-refractivity contribution in [3.63, 3.8) is 0 Å². The van der Waals surface area contributed by atoms with E-state index in [0.29, 0.717) is 29.2 Å². The summed E-state index contributed by atoms with van der Waals surface area (Å²) in [5.41, 5.74) is 3.37. The lowest BCUT2D eigenvalue weighted by Gasteiger charge is -2.15. The highest BCUT2D eigenvalue weighted by Gasteiger charge is 2.26. The van der Waals surface area contributed by atoms with E-state index in [4.69, 9.17) is 9.72 Å². The number of rotatable bonds is 2. The molecule has 0 saturated carbocycles. The van der Waals surface area contributed by atoms with Gasteiger partial charge in [0.25, 0.3) is 0 Å². The Labute approximate surface area is 160 Å². The summed E-state index contributed by atoms with van der Waals surface area (Å²) in [4.78, 5) is 29.1. The second-order valence-electron chi connectivity index (χ2n) is 7.10. The Kier molecular flexibility index (Phi) is 4.02. The van der Waals surface area contributed by atoms with Gasteiger partial charge in [-0.3, -0.25) is 9.56 Å². The summed E-state index contributed by atoms with van der Waals surface area (Å²) in [6, 6.07) is 7.63. The Balaban J connectivity index is 1.60. The van der Waals surface area contributed by atoms with Crippen molar-refractivity contribution in [2.75, 3.05) is 13.2 Å². The maximum atomic E-state index is 12.6. The molecule has 5 rings (SSSR count). The molecule has 8 heteroatoms. The van der Waals surface area contributed by atoms with Crippen molar-refractivity contribution >= 4 is 23.1 Å². The van der Waals surface area contributed by atoms with Crippen LogP contribution in [0.25, 0.3) is 11.2 Å². The number of aromatic amines is 1. The van der Waals surface area contributed by atoms with Crippen LogP contribution in [0, 0.1) is 11.3 Å². The molecule has 28 heavy (non-hydrogen) atoms. The van der Waals surface area contributed by atoms with Crippen LogP contribution in [0.15, 0.2) is 34.2 Å². The molecule has 3 aromatic rings. The predicted molar refractivity (Wildman–Crippen MR) is 103 cm³/mol. The summed E-state index contributed by atoms with van der Waals surface area (Å²) >= 11 is 0. The molecule has 8 nitrogen and oxygen atoms in total. The van der Waals surface area contributed by atoms with Crippen molar-refractivity contribution in [3.05, 3.63) is 51.8 Å². The van der Waals surface area contributed by atoms with E-state index in [1.165, 1.54) is 0 Å². The molecule has 0 amide bonds. The third kappa shape index (κ3) is 2.72. The van der Waals surface area contributed by atoms with Crippen molar-refractivity contribution < 1.29 is 4.74 Å². The molecule has 2 aromatic heterocycles. The van der Waals surface area contributed by atoms with Gasteiger partial charge in [0, 0.05) is 25.5 Å². The number of ether oxygens (including phenoxy) is 1. The first-order valence-electron chi connectivity index (χ1n) is 9.38. The van der Waals surface area contributed by atoms with Crippen LogP contribution in [-0.2, 0) is 4.74 Å². The molecule has 2 aliphatic rings. The molecule has 2 unspecified atom stereocenters. The summed E-state index contributed by atoms with van der Waals surface area (Å²) < 4.78 is 7.28. The number of nitrogens with zero attached hydrogens (tertiary/aromatic N) is 5. The van der Waals surface area contributed by atoms with E-state index in [2.05, 4.69) is 21.0 Å². The zero-order chi connectivity index (χ0) is 19.1. The van der Waals surface area contributed by atoms with Crippen molar-refractivity contribution in [1.82, 2.24) is 19.5 Å². The molecule has 1 N–H and O–H groups in total. The van der Waals surface area contributed by atoms with E-state index in [-0.39, 0.29) is 17.6 Å². The molecular formula is C20H18N6O2. The summed E-state index contributed by atoms with van der Waals surface area (Å²) in [5, 5.41) is 9.20. The van der Waals surface area contributed by atoms with E-state index in [9.17, 15) is 10.1 Å². The molecule has 0 aliphatic carbocycles. The van der Waals surface area contributed by atoms with Gasteiger partial charge in [-0.2, -0.15) is 5.26 Å². The van der Waals surface area contributed by atoms with Crippen LogP contribution in [0.2, 0.25) is 0 Å². The summed E-state index contributed by atoms with van der Waals surface area (Å²) in [5.74, 6) is 0.339. The molecule has 140 valence electrons. The smallest absolute Gasteiger partial charge is 0.327 e. The van der Waals surface area contributed by atoms with Crippen LogP contribution in [0.5, 0.6) is 0 Å². The van der Waals surface area contributed by atoms with Gasteiger partial charge >= 0.3 is 5.69 Å². The van der Waals surface area contributed by atoms with E-state index in [1.54, 1.807) is 23.0 Å². The number of H-pyrrole nitrogens is 1. The first-order valence-corrected chi connectivity index (χ1v) is 9.38. The lowest BCUT2D eigenvalue weighted by atomic mass is 9.98. The minimum atomic E-state index is -0.233. The van der Waals surface area contributed by atoms with Gasteiger partial charge in [0.1, 0.15) is 11.3 Å². The van der Waals surface area contributed by atoms with Gasteiger partial charge in [0.2, 0.25) is 0 Å². The van der Waals surface area contributed by atoms with Gasteiger partial charge < -0.3 is 9.72 Å². The molecule has 0 bridgehead atoms. The van der Waals surface area contributed by atoms with Crippen LogP contribution in [0.4, 0.5) is 5.69 Å². The summed E-state index contributed by atoms with van der Waals surface area (Å²) in [6.45, 7) is 1.37. The monoisotopic (exact) mass is 374 g/mol. The molecule has 0 radical (unpaired) electrons. The molecule has 1 fully saturated rings. The highest BCUT2D eigenvalue weighted by Crippen LogP contribution is 2.36. The van der Waals surface area contributed by atoms with Crippen LogP contribution in [0.3, 0.4) is 0 Å². The summed E-state index contributed by atoms with van der Waals surface area (Å²) in [6.07, 6.45) is 6.03. The molecule has 4 heterocycles. The maximum Gasteiger partial charge on any atom is 0.327 e. The first-order chi connectivity index (χ1) is 13.7. The quantitative estimate of drug-likeness (QED) is 0.741. The second kappa shape index (κ2) is 6.69. The second-order valence-corrected chi connectivity index (χ2v) is 7.10. The zero-order valence-electron chi connectivity index (χ0n) is 15.1. The number of fused-ring (bicyclic) bond motifs is 2. The topological polar surface area (TPSA) is 109 Å². The van der Waals surface area contributed by atoms with Crippen LogP contribution in [0.1, 0.15) is 48.2 Å². The number of hydrogen-bond acceptors (Lipinski definition) is 6. The number of aromatic nitrogens is 4. The van der Waals surface area contributed by atoms with Crippen molar-refractivity contribution in [2.24, 2.45) is 4.99 Å². The van der Waals surface area contributed by atoms with Crippen LogP contribution >= 0.6 is 0 Å². The highest BCUT2D eigenvalue weighted by atomic mass is 16.5. The number of nitrogens with one attached hydrogen (secondary N) is 1. The van der Waals surface area contributed by atoms with Crippen molar-refractivity contribution in [1.29, 1.82) is 5.26 Å². The first kappa shape index (κ1) is 16.8. The third-order valence-corrected chi connectivity index (χ3v) is 5.39. The van der Waals surface area contributed by atoms with Crippen LogP contribution < -0.4 is 5.69 Å². The lowest BCUT2D eigenvalue weighted by Crippen LogP contribution is -2.23. The number of imidazole rings is 1. The molecule has 0 spiro atoms. The third-order valence-electron chi connectivity index (χ3n) is 5.39. The molecule has 2 atom stereocenters. The van der Waals surface area contributed by atoms with Gasteiger partial charge in [0.15, 0.2) is 5.65 Å². The van der Waals surface area contributed by atoms with Gasteiger partial charge in [-0.15, -0.1) is 0 Å².